The molecule has 0 bridgehead atoms. The first kappa shape index (κ1) is 13.1. The van der Waals surface area contributed by atoms with Crippen LogP contribution in [0.3, 0.4) is 0 Å². The van der Waals surface area contributed by atoms with E-state index in [1.165, 1.54) is 5.56 Å². The van der Waals surface area contributed by atoms with Gasteiger partial charge in [-0.25, -0.2) is 0 Å². The van der Waals surface area contributed by atoms with Gasteiger partial charge in [-0.3, -0.25) is 4.79 Å². The number of carbonyl (C=O) groups excluding carboxylic acids is 1. The third-order valence-corrected chi connectivity index (χ3v) is 3.79. The minimum absolute atomic E-state index is 0.158. The van der Waals surface area contributed by atoms with E-state index in [1.54, 1.807) is 0 Å². The Bertz CT molecular complexity index is 391. The number of nitrogens with one attached hydrogen (secondary N) is 1. The van der Waals surface area contributed by atoms with Gasteiger partial charge in [0.1, 0.15) is 0 Å². The zero-order chi connectivity index (χ0) is 13.0. The van der Waals surface area contributed by atoms with Gasteiger partial charge in [0.05, 0.1) is 5.92 Å². The summed E-state index contributed by atoms with van der Waals surface area (Å²) in [6.45, 7) is 4.73. The molecule has 2 unspecified atom stereocenters. The summed E-state index contributed by atoms with van der Waals surface area (Å²) in [5, 5.41) is 3.28. The molecular weight excluding hydrogens is 224 g/mol. The highest BCUT2D eigenvalue weighted by Gasteiger charge is 2.31. The van der Waals surface area contributed by atoms with Crippen molar-refractivity contribution in [2.24, 2.45) is 11.8 Å². The van der Waals surface area contributed by atoms with Crippen LogP contribution in [0.4, 0.5) is 0 Å². The molecule has 1 aromatic carbocycles. The molecule has 1 N–H and O–H groups in total. The van der Waals surface area contributed by atoms with E-state index < -0.39 is 0 Å². The molecule has 3 heteroatoms. The van der Waals surface area contributed by atoms with Gasteiger partial charge in [-0.2, -0.15) is 0 Å². The molecule has 0 spiro atoms. The second-order valence-electron chi connectivity index (χ2n) is 5.24. The van der Waals surface area contributed by atoms with E-state index in [1.807, 2.05) is 30.1 Å². The highest BCUT2D eigenvalue weighted by Crippen LogP contribution is 2.18. The number of hydrogen-bond donors (Lipinski definition) is 1. The van der Waals surface area contributed by atoms with E-state index in [9.17, 15) is 4.79 Å². The standard InChI is InChI=1S/C15H22N2O/c1-12-10-16-11-14(12)15(18)17(2)9-8-13-6-4-3-5-7-13/h3-7,12,14,16H,8-11H2,1-2H3. The topological polar surface area (TPSA) is 32.3 Å². The maximum Gasteiger partial charge on any atom is 0.227 e. The molecule has 1 amide bonds. The zero-order valence-corrected chi connectivity index (χ0v) is 11.2. The first-order valence-electron chi connectivity index (χ1n) is 6.68. The van der Waals surface area contributed by atoms with Gasteiger partial charge in [-0.1, -0.05) is 37.3 Å². The minimum atomic E-state index is 0.158. The average molecular weight is 246 g/mol. The van der Waals surface area contributed by atoms with Crippen molar-refractivity contribution in [2.45, 2.75) is 13.3 Å². The lowest BCUT2D eigenvalue weighted by Gasteiger charge is -2.23. The summed E-state index contributed by atoms with van der Waals surface area (Å²) in [6.07, 6.45) is 0.928. The second-order valence-corrected chi connectivity index (χ2v) is 5.24. The van der Waals surface area contributed by atoms with Crippen LogP contribution in [-0.4, -0.2) is 37.5 Å². The van der Waals surface area contributed by atoms with Crippen molar-refractivity contribution < 1.29 is 4.79 Å². The number of likely N-dealkylation sites (N-methyl/N-ethyl adjacent to an activating group) is 1. The SMILES string of the molecule is CC1CNCC1C(=O)N(C)CCc1ccccc1. The Balaban J connectivity index is 1.84. The van der Waals surface area contributed by atoms with Crippen LogP contribution in [0.25, 0.3) is 0 Å². The van der Waals surface area contributed by atoms with E-state index >= 15 is 0 Å². The Labute approximate surface area is 109 Å². The van der Waals surface area contributed by atoms with Gasteiger partial charge < -0.3 is 10.2 Å². The summed E-state index contributed by atoms with van der Waals surface area (Å²) >= 11 is 0. The van der Waals surface area contributed by atoms with E-state index in [4.69, 9.17) is 0 Å². The summed E-state index contributed by atoms with van der Waals surface area (Å²) in [5.41, 5.74) is 1.29. The summed E-state index contributed by atoms with van der Waals surface area (Å²) in [5.74, 6) is 0.894. The Morgan fingerprint density at radius 3 is 2.67 bits per heavy atom. The van der Waals surface area contributed by atoms with Crippen LogP contribution in [0.15, 0.2) is 30.3 Å². The number of hydrogen-bond acceptors (Lipinski definition) is 2. The van der Waals surface area contributed by atoms with Crippen molar-refractivity contribution in [3.63, 3.8) is 0 Å². The van der Waals surface area contributed by atoms with Crippen molar-refractivity contribution in [1.82, 2.24) is 10.2 Å². The molecule has 2 rings (SSSR count). The maximum atomic E-state index is 12.3. The van der Waals surface area contributed by atoms with Crippen molar-refractivity contribution >= 4 is 5.91 Å². The molecule has 0 radical (unpaired) electrons. The summed E-state index contributed by atoms with van der Waals surface area (Å²) < 4.78 is 0. The van der Waals surface area contributed by atoms with Gasteiger partial charge in [0.25, 0.3) is 0 Å². The van der Waals surface area contributed by atoms with Crippen LogP contribution >= 0.6 is 0 Å². The first-order chi connectivity index (χ1) is 8.68. The van der Waals surface area contributed by atoms with Gasteiger partial charge in [0, 0.05) is 20.1 Å². The number of benzene rings is 1. The summed E-state index contributed by atoms with van der Waals surface area (Å²) in [4.78, 5) is 14.1. The predicted octanol–water partition coefficient (Wildman–Crippen LogP) is 1.54. The van der Waals surface area contributed by atoms with Crippen LogP contribution in [-0.2, 0) is 11.2 Å². The number of amides is 1. The number of carbonyl (C=O) groups is 1. The zero-order valence-electron chi connectivity index (χ0n) is 11.2. The van der Waals surface area contributed by atoms with E-state index in [-0.39, 0.29) is 11.8 Å². The molecule has 18 heavy (non-hydrogen) atoms. The molecule has 0 aromatic heterocycles. The van der Waals surface area contributed by atoms with Crippen LogP contribution in [0.1, 0.15) is 12.5 Å². The number of rotatable bonds is 4. The molecule has 0 saturated carbocycles. The molecule has 1 saturated heterocycles. The van der Waals surface area contributed by atoms with Crippen LogP contribution in [0.5, 0.6) is 0 Å². The summed E-state index contributed by atoms with van der Waals surface area (Å²) in [7, 11) is 1.91. The fourth-order valence-electron chi connectivity index (χ4n) is 2.48. The van der Waals surface area contributed by atoms with Crippen LogP contribution in [0, 0.1) is 11.8 Å². The third kappa shape index (κ3) is 3.10. The van der Waals surface area contributed by atoms with Gasteiger partial charge in [-0.15, -0.1) is 0 Å². The third-order valence-electron chi connectivity index (χ3n) is 3.79. The normalized spacial score (nSPS) is 23.0. The molecule has 1 aliphatic heterocycles. The van der Waals surface area contributed by atoms with Crippen LogP contribution < -0.4 is 5.32 Å². The summed E-state index contributed by atoms with van der Waals surface area (Å²) in [6, 6.07) is 10.3. The second kappa shape index (κ2) is 6.01. The quantitative estimate of drug-likeness (QED) is 0.874. The Morgan fingerprint density at radius 2 is 2.06 bits per heavy atom. The molecule has 98 valence electrons. The molecular formula is C15H22N2O. The molecule has 0 aliphatic carbocycles. The predicted molar refractivity (Wildman–Crippen MR) is 73.3 cm³/mol. The van der Waals surface area contributed by atoms with Gasteiger partial charge in [0.2, 0.25) is 5.91 Å². The Morgan fingerprint density at radius 1 is 1.33 bits per heavy atom. The maximum absolute atomic E-state index is 12.3. The van der Waals surface area contributed by atoms with Gasteiger partial charge in [0.15, 0.2) is 0 Å². The van der Waals surface area contributed by atoms with Crippen molar-refractivity contribution in [2.75, 3.05) is 26.7 Å². The fraction of sp³-hybridized carbons (Fsp3) is 0.533. The van der Waals surface area contributed by atoms with Crippen molar-refractivity contribution in [3.8, 4) is 0 Å². The van der Waals surface area contributed by atoms with Gasteiger partial charge >= 0.3 is 0 Å². The first-order valence-corrected chi connectivity index (χ1v) is 6.68. The molecule has 1 fully saturated rings. The minimum Gasteiger partial charge on any atom is -0.345 e. The van der Waals surface area contributed by atoms with E-state index in [0.717, 1.165) is 26.1 Å². The fourth-order valence-corrected chi connectivity index (χ4v) is 2.48. The lowest BCUT2D eigenvalue weighted by molar-refractivity contribution is -0.134. The van der Waals surface area contributed by atoms with Gasteiger partial charge in [-0.05, 0) is 24.4 Å². The lowest BCUT2D eigenvalue weighted by atomic mass is 9.96. The molecule has 2 atom stereocenters. The van der Waals surface area contributed by atoms with Crippen molar-refractivity contribution in [1.29, 1.82) is 0 Å². The van der Waals surface area contributed by atoms with E-state index in [0.29, 0.717) is 5.92 Å². The number of nitrogens with zero attached hydrogens (tertiary/aromatic N) is 1. The molecule has 3 nitrogen and oxygen atoms in total. The molecule has 1 aromatic rings. The van der Waals surface area contributed by atoms with E-state index in [2.05, 4.69) is 24.4 Å². The Hall–Kier alpha value is -1.35. The average Bonchev–Trinajstić information content (AvgIpc) is 2.82. The molecule has 1 aliphatic rings. The highest BCUT2D eigenvalue weighted by molar-refractivity contribution is 5.79. The smallest absolute Gasteiger partial charge is 0.227 e. The highest BCUT2D eigenvalue weighted by atomic mass is 16.2. The molecule has 1 heterocycles. The monoisotopic (exact) mass is 246 g/mol. The van der Waals surface area contributed by atoms with Crippen molar-refractivity contribution in [3.05, 3.63) is 35.9 Å². The Kier molecular flexibility index (Phi) is 4.37. The van der Waals surface area contributed by atoms with Crippen LogP contribution in [0.2, 0.25) is 0 Å². The lowest BCUT2D eigenvalue weighted by Crippen LogP contribution is -2.37. The largest absolute Gasteiger partial charge is 0.345 e.